The molecule has 4 nitrogen and oxygen atoms in total. The van der Waals surface area contributed by atoms with Gasteiger partial charge in [0.25, 0.3) is 0 Å². The van der Waals surface area contributed by atoms with Gasteiger partial charge < -0.3 is 9.15 Å². The summed E-state index contributed by atoms with van der Waals surface area (Å²) in [6.07, 6.45) is 2.68. The first-order chi connectivity index (χ1) is 10.7. The SMILES string of the molecule is COC1CCCN(Cc2nc(-c3ccc(C)cc3)oc2C)C1. The molecule has 1 aliphatic rings. The number of hydrogen-bond donors (Lipinski definition) is 0. The van der Waals surface area contributed by atoms with Crippen molar-refractivity contribution in [3.63, 3.8) is 0 Å². The van der Waals surface area contributed by atoms with Gasteiger partial charge in [0.2, 0.25) is 5.89 Å². The van der Waals surface area contributed by atoms with Crippen molar-refractivity contribution in [1.82, 2.24) is 9.88 Å². The maximum atomic E-state index is 5.87. The van der Waals surface area contributed by atoms with E-state index in [1.54, 1.807) is 7.11 Å². The van der Waals surface area contributed by atoms with E-state index in [-0.39, 0.29) is 0 Å². The maximum Gasteiger partial charge on any atom is 0.226 e. The molecule has 2 aromatic rings. The molecule has 1 atom stereocenters. The summed E-state index contributed by atoms with van der Waals surface area (Å²) in [5, 5.41) is 0. The number of aromatic nitrogens is 1. The van der Waals surface area contributed by atoms with E-state index < -0.39 is 0 Å². The second-order valence-corrected chi connectivity index (χ2v) is 6.12. The quantitative estimate of drug-likeness (QED) is 0.865. The van der Waals surface area contributed by atoms with Crippen LogP contribution in [0.1, 0.15) is 29.9 Å². The molecule has 1 unspecified atom stereocenters. The Morgan fingerprint density at radius 1 is 1.27 bits per heavy atom. The van der Waals surface area contributed by atoms with Crippen molar-refractivity contribution in [2.45, 2.75) is 39.3 Å². The normalized spacial score (nSPS) is 19.5. The number of oxazole rings is 1. The van der Waals surface area contributed by atoms with Gasteiger partial charge in [-0.05, 0) is 45.4 Å². The highest BCUT2D eigenvalue weighted by Gasteiger charge is 2.21. The van der Waals surface area contributed by atoms with Crippen molar-refractivity contribution < 1.29 is 9.15 Å². The van der Waals surface area contributed by atoms with Crippen molar-refractivity contribution in [3.8, 4) is 11.5 Å². The van der Waals surface area contributed by atoms with Gasteiger partial charge in [0.05, 0.1) is 11.8 Å². The highest BCUT2D eigenvalue weighted by Crippen LogP contribution is 2.24. The minimum Gasteiger partial charge on any atom is -0.441 e. The first-order valence-corrected chi connectivity index (χ1v) is 7.94. The van der Waals surface area contributed by atoms with Gasteiger partial charge in [0.15, 0.2) is 0 Å². The molecule has 0 radical (unpaired) electrons. The Labute approximate surface area is 132 Å². The van der Waals surface area contributed by atoms with Gasteiger partial charge in [-0.3, -0.25) is 4.90 Å². The number of hydrogen-bond acceptors (Lipinski definition) is 4. The Hall–Kier alpha value is -1.65. The van der Waals surface area contributed by atoms with Crippen molar-refractivity contribution in [2.24, 2.45) is 0 Å². The fourth-order valence-corrected chi connectivity index (χ4v) is 2.96. The molecule has 0 spiro atoms. The summed E-state index contributed by atoms with van der Waals surface area (Å²) in [6, 6.07) is 8.29. The monoisotopic (exact) mass is 300 g/mol. The third-order valence-electron chi connectivity index (χ3n) is 4.36. The number of nitrogens with zero attached hydrogens (tertiary/aromatic N) is 2. The lowest BCUT2D eigenvalue weighted by Gasteiger charge is -2.31. The van der Waals surface area contributed by atoms with Crippen molar-refractivity contribution in [1.29, 1.82) is 0 Å². The number of aryl methyl sites for hydroxylation is 2. The standard InChI is InChI=1S/C18H24N2O2/c1-13-6-8-15(9-7-13)18-19-17(14(2)22-18)12-20-10-4-5-16(11-20)21-3/h6-9,16H,4-5,10-12H2,1-3H3. The van der Waals surface area contributed by atoms with Crippen LogP contribution < -0.4 is 0 Å². The van der Waals surface area contributed by atoms with Gasteiger partial charge in [0.1, 0.15) is 5.76 Å². The minimum absolute atomic E-state index is 0.345. The van der Waals surface area contributed by atoms with Crippen LogP contribution in [0.4, 0.5) is 0 Å². The van der Waals surface area contributed by atoms with Gasteiger partial charge in [0, 0.05) is 25.8 Å². The molecule has 3 rings (SSSR count). The molecule has 1 aromatic carbocycles. The van der Waals surface area contributed by atoms with Crippen LogP contribution in [0.15, 0.2) is 28.7 Å². The molecular formula is C18H24N2O2. The Morgan fingerprint density at radius 2 is 2.05 bits per heavy atom. The molecule has 22 heavy (non-hydrogen) atoms. The van der Waals surface area contributed by atoms with Crippen LogP contribution in [0.5, 0.6) is 0 Å². The second kappa shape index (κ2) is 6.63. The third kappa shape index (κ3) is 3.39. The largest absolute Gasteiger partial charge is 0.441 e. The number of piperidine rings is 1. The molecule has 1 fully saturated rings. The summed E-state index contributed by atoms with van der Waals surface area (Å²) < 4.78 is 11.4. The molecule has 1 aliphatic heterocycles. The van der Waals surface area contributed by atoms with Gasteiger partial charge in [-0.25, -0.2) is 4.98 Å². The molecule has 0 aliphatic carbocycles. The summed E-state index contributed by atoms with van der Waals surface area (Å²) in [7, 11) is 1.80. The summed E-state index contributed by atoms with van der Waals surface area (Å²) in [6.45, 7) is 6.99. The molecule has 0 bridgehead atoms. The zero-order valence-corrected chi connectivity index (χ0v) is 13.6. The summed E-state index contributed by atoms with van der Waals surface area (Å²) in [5.41, 5.74) is 3.31. The Bertz CT molecular complexity index is 619. The van der Waals surface area contributed by atoms with E-state index in [2.05, 4.69) is 36.1 Å². The first-order valence-electron chi connectivity index (χ1n) is 7.94. The van der Waals surface area contributed by atoms with Gasteiger partial charge in [-0.2, -0.15) is 0 Å². The van der Waals surface area contributed by atoms with E-state index in [1.807, 2.05) is 6.92 Å². The van der Waals surface area contributed by atoms with Crippen molar-refractivity contribution in [2.75, 3.05) is 20.2 Å². The molecule has 1 aromatic heterocycles. The average molecular weight is 300 g/mol. The van der Waals surface area contributed by atoms with Crippen LogP contribution in [0.3, 0.4) is 0 Å². The maximum absolute atomic E-state index is 5.87. The van der Waals surface area contributed by atoms with Crippen molar-refractivity contribution >= 4 is 0 Å². The molecule has 0 N–H and O–H groups in total. The van der Waals surface area contributed by atoms with E-state index in [1.165, 1.54) is 12.0 Å². The summed E-state index contributed by atoms with van der Waals surface area (Å²) in [5.74, 6) is 1.63. The van der Waals surface area contributed by atoms with Crippen LogP contribution >= 0.6 is 0 Å². The molecule has 2 heterocycles. The van der Waals surface area contributed by atoms with E-state index >= 15 is 0 Å². The van der Waals surface area contributed by atoms with Crippen LogP contribution in [0.25, 0.3) is 11.5 Å². The number of rotatable bonds is 4. The Morgan fingerprint density at radius 3 is 2.77 bits per heavy atom. The van der Waals surface area contributed by atoms with Gasteiger partial charge >= 0.3 is 0 Å². The average Bonchev–Trinajstić information content (AvgIpc) is 2.89. The minimum atomic E-state index is 0.345. The van der Waals surface area contributed by atoms with E-state index in [4.69, 9.17) is 14.1 Å². The molecule has 0 amide bonds. The molecule has 118 valence electrons. The van der Waals surface area contributed by atoms with E-state index in [9.17, 15) is 0 Å². The Balaban J connectivity index is 1.73. The number of likely N-dealkylation sites (tertiary alicyclic amines) is 1. The first kappa shape index (κ1) is 15.3. The fourth-order valence-electron chi connectivity index (χ4n) is 2.96. The molecular weight excluding hydrogens is 276 g/mol. The molecule has 4 heteroatoms. The lowest BCUT2D eigenvalue weighted by Crippen LogP contribution is -2.38. The predicted molar refractivity (Wildman–Crippen MR) is 86.7 cm³/mol. The zero-order valence-electron chi connectivity index (χ0n) is 13.6. The molecule has 0 saturated carbocycles. The lowest BCUT2D eigenvalue weighted by atomic mass is 10.1. The second-order valence-electron chi connectivity index (χ2n) is 6.12. The lowest BCUT2D eigenvalue weighted by molar-refractivity contribution is 0.0280. The van der Waals surface area contributed by atoms with Crippen LogP contribution in [0, 0.1) is 13.8 Å². The smallest absolute Gasteiger partial charge is 0.226 e. The topological polar surface area (TPSA) is 38.5 Å². The number of methoxy groups -OCH3 is 1. The number of benzene rings is 1. The van der Waals surface area contributed by atoms with Gasteiger partial charge in [-0.1, -0.05) is 17.7 Å². The van der Waals surface area contributed by atoms with Crippen LogP contribution in [-0.2, 0) is 11.3 Å². The van der Waals surface area contributed by atoms with E-state index in [0.717, 1.165) is 43.1 Å². The van der Waals surface area contributed by atoms with Crippen molar-refractivity contribution in [3.05, 3.63) is 41.3 Å². The highest BCUT2D eigenvalue weighted by molar-refractivity contribution is 5.54. The predicted octanol–water partition coefficient (Wildman–Crippen LogP) is 3.57. The van der Waals surface area contributed by atoms with Gasteiger partial charge in [-0.15, -0.1) is 0 Å². The fraction of sp³-hybridized carbons (Fsp3) is 0.500. The Kier molecular flexibility index (Phi) is 4.60. The van der Waals surface area contributed by atoms with Crippen LogP contribution in [-0.4, -0.2) is 36.2 Å². The van der Waals surface area contributed by atoms with Crippen LogP contribution in [0.2, 0.25) is 0 Å². The highest BCUT2D eigenvalue weighted by atomic mass is 16.5. The number of ether oxygens (including phenoxy) is 1. The van der Waals surface area contributed by atoms with E-state index in [0.29, 0.717) is 12.0 Å². The summed E-state index contributed by atoms with van der Waals surface area (Å²) in [4.78, 5) is 7.11. The zero-order chi connectivity index (χ0) is 15.5. The third-order valence-corrected chi connectivity index (χ3v) is 4.36. The molecule has 1 saturated heterocycles. The summed E-state index contributed by atoms with van der Waals surface area (Å²) >= 11 is 0.